The third-order valence-corrected chi connectivity index (χ3v) is 2.72. The normalized spacial score (nSPS) is 14.2. The fraction of sp³-hybridized carbons (Fsp3) is 0.286. The molecule has 0 aromatic heterocycles. The van der Waals surface area contributed by atoms with Crippen molar-refractivity contribution in [3.63, 3.8) is 0 Å². The number of cyclic esters (lactones) is 2. The van der Waals surface area contributed by atoms with Gasteiger partial charge in [0.15, 0.2) is 0 Å². The summed E-state index contributed by atoms with van der Waals surface area (Å²) in [7, 11) is 0. The Bertz CT molecular complexity index is 568. The molecule has 1 aliphatic heterocycles. The van der Waals surface area contributed by atoms with Crippen molar-refractivity contribution in [2.75, 3.05) is 0 Å². The predicted molar refractivity (Wildman–Crippen MR) is 62.8 cm³/mol. The Kier molecular flexibility index (Phi) is 2.32. The molecule has 17 heavy (non-hydrogen) atoms. The fourth-order valence-electron chi connectivity index (χ4n) is 2.07. The van der Waals surface area contributed by atoms with Gasteiger partial charge in [0.25, 0.3) is 0 Å². The molecule has 0 unspecified atom stereocenters. The number of rotatable bonds is 0. The minimum atomic E-state index is -0.605. The molecular formula is C14H12O3. The van der Waals surface area contributed by atoms with E-state index in [0.717, 1.165) is 0 Å². The highest BCUT2D eigenvalue weighted by molar-refractivity contribution is 6.16. The Morgan fingerprint density at radius 1 is 1.18 bits per heavy atom. The summed E-state index contributed by atoms with van der Waals surface area (Å²) in [6.45, 7) is 5.83. The zero-order valence-electron chi connectivity index (χ0n) is 9.96. The van der Waals surface area contributed by atoms with Gasteiger partial charge in [0, 0.05) is 5.56 Å². The van der Waals surface area contributed by atoms with Gasteiger partial charge in [-0.3, -0.25) is 0 Å². The van der Waals surface area contributed by atoms with Crippen molar-refractivity contribution in [3.05, 3.63) is 34.4 Å². The zero-order chi connectivity index (χ0) is 12.8. The number of carbonyl (C=O) groups excluding carboxylic acids is 2. The van der Waals surface area contributed by atoms with Crippen LogP contribution >= 0.6 is 0 Å². The molecule has 0 saturated carbocycles. The molecule has 1 aromatic rings. The molecule has 1 aliphatic rings. The van der Waals surface area contributed by atoms with Gasteiger partial charge >= 0.3 is 11.9 Å². The SMILES string of the molecule is C#Cc1ccc2c(c1C(C)(C)C)C(=O)OC2=O. The first-order valence-corrected chi connectivity index (χ1v) is 5.27. The van der Waals surface area contributed by atoms with Crippen LogP contribution in [0.25, 0.3) is 0 Å². The first-order chi connectivity index (χ1) is 7.86. The lowest BCUT2D eigenvalue weighted by atomic mass is 9.79. The molecule has 0 amide bonds. The van der Waals surface area contributed by atoms with E-state index < -0.39 is 11.9 Å². The van der Waals surface area contributed by atoms with Crippen molar-refractivity contribution in [1.82, 2.24) is 0 Å². The van der Waals surface area contributed by atoms with E-state index in [-0.39, 0.29) is 5.41 Å². The molecule has 0 aliphatic carbocycles. The number of hydrogen-bond acceptors (Lipinski definition) is 3. The highest BCUT2D eigenvalue weighted by Crippen LogP contribution is 2.34. The van der Waals surface area contributed by atoms with E-state index in [2.05, 4.69) is 10.7 Å². The number of esters is 2. The molecule has 0 atom stereocenters. The van der Waals surface area contributed by atoms with Crippen molar-refractivity contribution >= 4 is 11.9 Å². The maximum absolute atomic E-state index is 11.7. The Balaban J connectivity index is 2.86. The molecule has 1 heterocycles. The number of carbonyl (C=O) groups is 2. The third kappa shape index (κ3) is 1.62. The average molecular weight is 228 g/mol. The maximum atomic E-state index is 11.7. The first kappa shape index (κ1) is 11.4. The summed E-state index contributed by atoms with van der Waals surface area (Å²) in [6, 6.07) is 3.23. The highest BCUT2D eigenvalue weighted by atomic mass is 16.6. The van der Waals surface area contributed by atoms with Crippen LogP contribution in [0.1, 0.15) is 52.6 Å². The van der Waals surface area contributed by atoms with Gasteiger partial charge in [0.1, 0.15) is 0 Å². The Morgan fingerprint density at radius 2 is 1.82 bits per heavy atom. The molecule has 1 aromatic carbocycles. The number of fused-ring (bicyclic) bond motifs is 1. The van der Waals surface area contributed by atoms with Crippen LogP contribution in [0.2, 0.25) is 0 Å². The summed E-state index contributed by atoms with van der Waals surface area (Å²) in [5.74, 6) is 1.35. The fourth-order valence-corrected chi connectivity index (χ4v) is 2.07. The first-order valence-electron chi connectivity index (χ1n) is 5.27. The van der Waals surface area contributed by atoms with Crippen LogP contribution in [-0.4, -0.2) is 11.9 Å². The van der Waals surface area contributed by atoms with Gasteiger partial charge in [-0.05, 0) is 23.1 Å². The maximum Gasteiger partial charge on any atom is 0.347 e. The summed E-state index contributed by atoms with van der Waals surface area (Å²) >= 11 is 0. The Morgan fingerprint density at radius 3 is 2.35 bits per heavy atom. The molecule has 3 nitrogen and oxygen atoms in total. The highest BCUT2D eigenvalue weighted by Gasteiger charge is 2.36. The Hall–Kier alpha value is -2.08. The van der Waals surface area contributed by atoms with Crippen molar-refractivity contribution in [3.8, 4) is 12.3 Å². The van der Waals surface area contributed by atoms with E-state index in [9.17, 15) is 9.59 Å². The van der Waals surface area contributed by atoms with E-state index in [1.54, 1.807) is 12.1 Å². The molecule has 0 N–H and O–H groups in total. The van der Waals surface area contributed by atoms with Crippen LogP contribution < -0.4 is 0 Å². The molecule has 0 saturated heterocycles. The molecular weight excluding hydrogens is 216 g/mol. The minimum Gasteiger partial charge on any atom is -0.386 e. The molecule has 0 fully saturated rings. The van der Waals surface area contributed by atoms with Crippen molar-refractivity contribution in [2.24, 2.45) is 0 Å². The van der Waals surface area contributed by atoms with Crippen LogP contribution in [-0.2, 0) is 10.2 Å². The van der Waals surface area contributed by atoms with E-state index in [4.69, 9.17) is 6.42 Å². The van der Waals surface area contributed by atoms with E-state index in [0.29, 0.717) is 22.3 Å². The van der Waals surface area contributed by atoms with Crippen LogP contribution in [0.3, 0.4) is 0 Å². The van der Waals surface area contributed by atoms with E-state index >= 15 is 0 Å². The van der Waals surface area contributed by atoms with Gasteiger partial charge in [-0.1, -0.05) is 26.7 Å². The lowest BCUT2D eigenvalue weighted by Gasteiger charge is -2.22. The van der Waals surface area contributed by atoms with Gasteiger partial charge < -0.3 is 4.74 Å². The standard InChI is InChI=1S/C14H12O3/c1-5-8-6-7-9-10(11(8)14(2,3)4)13(16)17-12(9)15/h1,6-7H,2-4H3. The lowest BCUT2D eigenvalue weighted by Crippen LogP contribution is -2.18. The van der Waals surface area contributed by atoms with E-state index in [1.165, 1.54) is 0 Å². The van der Waals surface area contributed by atoms with Crippen LogP contribution in [0.4, 0.5) is 0 Å². The quantitative estimate of drug-likeness (QED) is 0.388. The predicted octanol–water partition coefficient (Wildman–Crippen LogP) is 2.28. The van der Waals surface area contributed by atoms with Gasteiger partial charge in [-0.15, -0.1) is 6.42 Å². The molecule has 0 radical (unpaired) electrons. The number of ether oxygens (including phenoxy) is 1. The molecule has 86 valence electrons. The second-order valence-corrected chi connectivity index (χ2v) is 4.98. The summed E-state index contributed by atoms with van der Waals surface area (Å²) in [4.78, 5) is 23.2. The smallest absolute Gasteiger partial charge is 0.347 e. The number of terminal acetylenes is 1. The van der Waals surface area contributed by atoms with Gasteiger partial charge in [-0.2, -0.15) is 0 Å². The largest absolute Gasteiger partial charge is 0.386 e. The zero-order valence-corrected chi connectivity index (χ0v) is 9.96. The van der Waals surface area contributed by atoms with Crippen molar-refractivity contribution in [2.45, 2.75) is 26.2 Å². The average Bonchev–Trinajstić information content (AvgIpc) is 2.52. The van der Waals surface area contributed by atoms with Crippen LogP contribution in [0.5, 0.6) is 0 Å². The molecule has 2 rings (SSSR count). The van der Waals surface area contributed by atoms with Gasteiger partial charge in [0.05, 0.1) is 11.1 Å². The summed E-state index contributed by atoms with van der Waals surface area (Å²) in [5.41, 5.74) is 1.63. The number of hydrogen-bond donors (Lipinski definition) is 0. The second kappa shape index (κ2) is 3.46. The monoisotopic (exact) mass is 228 g/mol. The van der Waals surface area contributed by atoms with E-state index in [1.807, 2.05) is 20.8 Å². The summed E-state index contributed by atoms with van der Waals surface area (Å²) in [5, 5.41) is 0. The lowest BCUT2D eigenvalue weighted by molar-refractivity contribution is 0.0443. The molecule has 0 spiro atoms. The van der Waals surface area contributed by atoms with Crippen LogP contribution in [0.15, 0.2) is 12.1 Å². The second-order valence-electron chi connectivity index (χ2n) is 4.98. The molecule has 3 heteroatoms. The van der Waals surface area contributed by atoms with Crippen LogP contribution in [0, 0.1) is 12.3 Å². The Labute approximate surface area is 99.8 Å². The minimum absolute atomic E-state index is 0.305. The summed E-state index contributed by atoms with van der Waals surface area (Å²) < 4.78 is 4.62. The molecule has 0 bridgehead atoms. The topological polar surface area (TPSA) is 43.4 Å². The summed E-state index contributed by atoms with van der Waals surface area (Å²) in [6.07, 6.45) is 5.43. The van der Waals surface area contributed by atoms with Crippen molar-refractivity contribution < 1.29 is 14.3 Å². The van der Waals surface area contributed by atoms with Gasteiger partial charge in [0.2, 0.25) is 0 Å². The van der Waals surface area contributed by atoms with Gasteiger partial charge in [-0.25, -0.2) is 9.59 Å². The van der Waals surface area contributed by atoms with Crippen molar-refractivity contribution in [1.29, 1.82) is 0 Å². The third-order valence-electron chi connectivity index (χ3n) is 2.72. The number of benzene rings is 1.